The zero-order valence-corrected chi connectivity index (χ0v) is 7.43. The molecule has 0 bridgehead atoms. The van der Waals surface area contributed by atoms with E-state index < -0.39 is 10.1 Å². The summed E-state index contributed by atoms with van der Waals surface area (Å²) in [5.41, 5.74) is 0. The summed E-state index contributed by atoms with van der Waals surface area (Å²) in [7, 11) is -3.32. The van der Waals surface area contributed by atoms with Crippen LogP contribution in [0.25, 0.3) is 0 Å². The third-order valence-corrected chi connectivity index (χ3v) is 2.20. The van der Waals surface area contributed by atoms with E-state index in [1.54, 1.807) is 0 Å². The SMILES string of the molecule is C[C@@H]1OCC[C@H]1OS(C)(=O)=O. The molecule has 0 amide bonds. The first-order valence-electron chi connectivity index (χ1n) is 3.49. The Kier molecular flexibility index (Phi) is 2.51. The van der Waals surface area contributed by atoms with Crippen molar-refractivity contribution in [2.24, 2.45) is 0 Å². The molecule has 1 heterocycles. The second kappa shape index (κ2) is 3.08. The molecule has 2 atom stereocenters. The van der Waals surface area contributed by atoms with Crippen LogP contribution in [0.1, 0.15) is 13.3 Å². The lowest BCUT2D eigenvalue weighted by Gasteiger charge is -2.12. The fourth-order valence-corrected chi connectivity index (χ4v) is 1.76. The van der Waals surface area contributed by atoms with Gasteiger partial charge in [0.2, 0.25) is 0 Å². The van der Waals surface area contributed by atoms with Gasteiger partial charge in [0.15, 0.2) is 0 Å². The maximum Gasteiger partial charge on any atom is 0.264 e. The molecular formula is C6H12O4S. The number of hydrogen-bond donors (Lipinski definition) is 0. The lowest BCUT2D eigenvalue weighted by Crippen LogP contribution is -2.24. The number of hydrogen-bond acceptors (Lipinski definition) is 4. The molecule has 0 spiro atoms. The summed E-state index contributed by atoms with van der Waals surface area (Å²) in [6.45, 7) is 2.39. The van der Waals surface area contributed by atoms with E-state index in [0.29, 0.717) is 13.0 Å². The van der Waals surface area contributed by atoms with Gasteiger partial charge in [-0.3, -0.25) is 4.18 Å². The average Bonchev–Trinajstić information content (AvgIpc) is 2.12. The van der Waals surface area contributed by atoms with Crippen molar-refractivity contribution in [3.63, 3.8) is 0 Å². The zero-order chi connectivity index (χ0) is 8.48. The molecule has 4 nitrogen and oxygen atoms in total. The van der Waals surface area contributed by atoms with E-state index in [0.717, 1.165) is 6.26 Å². The first kappa shape index (κ1) is 8.96. The quantitative estimate of drug-likeness (QED) is 0.567. The zero-order valence-electron chi connectivity index (χ0n) is 6.61. The second-order valence-corrected chi connectivity index (χ2v) is 4.30. The van der Waals surface area contributed by atoms with Gasteiger partial charge in [0.25, 0.3) is 10.1 Å². The molecule has 0 saturated carbocycles. The van der Waals surface area contributed by atoms with Crippen LogP contribution < -0.4 is 0 Å². The molecule has 66 valence electrons. The predicted octanol–water partition coefficient (Wildman–Crippen LogP) is 0.140. The van der Waals surface area contributed by atoms with Crippen molar-refractivity contribution in [1.29, 1.82) is 0 Å². The van der Waals surface area contributed by atoms with E-state index >= 15 is 0 Å². The van der Waals surface area contributed by atoms with Crippen LogP contribution in [0, 0.1) is 0 Å². The Bertz CT molecular complexity index is 221. The van der Waals surface area contributed by atoms with Gasteiger partial charge >= 0.3 is 0 Å². The van der Waals surface area contributed by atoms with Crippen LogP contribution in [0.3, 0.4) is 0 Å². The third kappa shape index (κ3) is 2.76. The highest BCUT2D eigenvalue weighted by atomic mass is 32.2. The molecule has 0 unspecified atom stereocenters. The molecule has 5 heteroatoms. The number of ether oxygens (including phenoxy) is 1. The first-order valence-corrected chi connectivity index (χ1v) is 5.30. The van der Waals surface area contributed by atoms with Crippen molar-refractivity contribution >= 4 is 10.1 Å². The van der Waals surface area contributed by atoms with Crippen molar-refractivity contribution in [2.45, 2.75) is 25.6 Å². The molecular weight excluding hydrogens is 168 g/mol. The molecule has 0 aromatic heterocycles. The molecule has 0 radical (unpaired) electrons. The third-order valence-electron chi connectivity index (χ3n) is 1.61. The van der Waals surface area contributed by atoms with Gasteiger partial charge in [-0.25, -0.2) is 0 Å². The van der Waals surface area contributed by atoms with Crippen LogP contribution in [0.2, 0.25) is 0 Å². The Hall–Kier alpha value is -0.130. The van der Waals surface area contributed by atoms with Gasteiger partial charge in [-0.05, 0) is 6.92 Å². The largest absolute Gasteiger partial charge is 0.376 e. The summed E-state index contributed by atoms with van der Waals surface area (Å²) in [6, 6.07) is 0. The maximum absolute atomic E-state index is 10.7. The van der Waals surface area contributed by atoms with Gasteiger partial charge in [-0.2, -0.15) is 8.42 Å². The molecule has 11 heavy (non-hydrogen) atoms. The Morgan fingerprint density at radius 3 is 2.55 bits per heavy atom. The lowest BCUT2D eigenvalue weighted by atomic mass is 10.2. The second-order valence-electron chi connectivity index (χ2n) is 2.70. The van der Waals surface area contributed by atoms with E-state index in [1.807, 2.05) is 6.92 Å². The van der Waals surface area contributed by atoms with Crippen molar-refractivity contribution in [3.8, 4) is 0 Å². The topological polar surface area (TPSA) is 52.6 Å². The summed E-state index contributed by atoms with van der Waals surface area (Å²) in [4.78, 5) is 0. The summed E-state index contributed by atoms with van der Waals surface area (Å²) in [5, 5.41) is 0. The number of rotatable bonds is 2. The minimum Gasteiger partial charge on any atom is -0.376 e. The van der Waals surface area contributed by atoms with E-state index in [9.17, 15) is 8.42 Å². The van der Waals surface area contributed by atoms with E-state index in [2.05, 4.69) is 0 Å². The predicted molar refractivity (Wildman–Crippen MR) is 39.7 cm³/mol. The highest BCUT2D eigenvalue weighted by Gasteiger charge is 2.28. The molecule has 1 aliphatic heterocycles. The first-order chi connectivity index (χ1) is 4.99. The molecule has 1 aliphatic rings. The Morgan fingerprint density at radius 2 is 2.18 bits per heavy atom. The van der Waals surface area contributed by atoms with Crippen LogP contribution >= 0.6 is 0 Å². The minimum atomic E-state index is -3.32. The van der Waals surface area contributed by atoms with E-state index in [4.69, 9.17) is 8.92 Å². The maximum atomic E-state index is 10.7. The standard InChI is InChI=1S/C6H12O4S/c1-5-6(3-4-9-5)10-11(2,7)8/h5-6H,3-4H2,1-2H3/t5-,6+/m0/s1. The molecule has 1 fully saturated rings. The Morgan fingerprint density at radius 1 is 1.55 bits per heavy atom. The summed E-state index contributed by atoms with van der Waals surface area (Å²) < 4.78 is 31.2. The van der Waals surface area contributed by atoms with Crippen molar-refractivity contribution < 1.29 is 17.3 Å². The van der Waals surface area contributed by atoms with E-state index in [1.165, 1.54) is 0 Å². The van der Waals surface area contributed by atoms with Crippen LogP contribution in [-0.4, -0.2) is 33.5 Å². The van der Waals surface area contributed by atoms with Gasteiger partial charge in [0, 0.05) is 13.0 Å². The molecule has 0 N–H and O–H groups in total. The van der Waals surface area contributed by atoms with Gasteiger partial charge in [-0.1, -0.05) is 0 Å². The molecule has 1 saturated heterocycles. The Labute approximate surface area is 66.6 Å². The summed E-state index contributed by atoms with van der Waals surface area (Å²) in [6.07, 6.45) is 1.32. The van der Waals surface area contributed by atoms with Crippen LogP contribution in [0.5, 0.6) is 0 Å². The monoisotopic (exact) mass is 180 g/mol. The van der Waals surface area contributed by atoms with Crippen molar-refractivity contribution in [2.75, 3.05) is 12.9 Å². The summed E-state index contributed by atoms with van der Waals surface area (Å²) in [5.74, 6) is 0. The van der Waals surface area contributed by atoms with Crippen molar-refractivity contribution in [3.05, 3.63) is 0 Å². The lowest BCUT2D eigenvalue weighted by molar-refractivity contribution is 0.0706. The average molecular weight is 180 g/mol. The van der Waals surface area contributed by atoms with Crippen molar-refractivity contribution in [1.82, 2.24) is 0 Å². The highest BCUT2D eigenvalue weighted by molar-refractivity contribution is 7.86. The van der Waals surface area contributed by atoms with Crippen LogP contribution in [0.4, 0.5) is 0 Å². The van der Waals surface area contributed by atoms with Crippen LogP contribution in [-0.2, 0) is 19.0 Å². The highest BCUT2D eigenvalue weighted by Crippen LogP contribution is 2.17. The van der Waals surface area contributed by atoms with E-state index in [-0.39, 0.29) is 12.2 Å². The molecule has 0 aromatic carbocycles. The molecule has 1 rings (SSSR count). The van der Waals surface area contributed by atoms with Crippen LogP contribution in [0.15, 0.2) is 0 Å². The molecule has 0 aliphatic carbocycles. The Balaban J connectivity index is 2.50. The minimum absolute atomic E-state index is 0.107. The summed E-state index contributed by atoms with van der Waals surface area (Å²) >= 11 is 0. The normalized spacial score (nSPS) is 32.5. The fourth-order valence-electron chi connectivity index (χ4n) is 1.06. The van der Waals surface area contributed by atoms with Gasteiger partial charge < -0.3 is 4.74 Å². The van der Waals surface area contributed by atoms with Gasteiger partial charge in [0.05, 0.1) is 12.4 Å². The fraction of sp³-hybridized carbons (Fsp3) is 1.00. The molecule has 0 aromatic rings. The smallest absolute Gasteiger partial charge is 0.264 e. The van der Waals surface area contributed by atoms with Gasteiger partial charge in [-0.15, -0.1) is 0 Å². The van der Waals surface area contributed by atoms with Gasteiger partial charge in [0.1, 0.15) is 6.10 Å².